The predicted octanol–water partition coefficient (Wildman–Crippen LogP) is 1.96. The second-order valence-corrected chi connectivity index (χ2v) is 6.40. The van der Waals surface area contributed by atoms with E-state index in [0.717, 1.165) is 18.7 Å². The fourth-order valence-corrected chi connectivity index (χ4v) is 3.32. The number of carbonyl (C=O) groups is 1. The molecule has 3 aromatic rings. The zero-order valence-corrected chi connectivity index (χ0v) is 14.5. The number of rotatable bonds is 4. The van der Waals surface area contributed by atoms with Gasteiger partial charge in [-0.15, -0.1) is 0 Å². The molecule has 1 aromatic carbocycles. The van der Waals surface area contributed by atoms with Crippen molar-refractivity contribution in [3.8, 4) is 11.4 Å². The van der Waals surface area contributed by atoms with Crippen LogP contribution in [0.25, 0.3) is 11.4 Å². The molecule has 1 saturated heterocycles. The molecular formula is C18H20N6O2. The molecule has 0 saturated carbocycles. The molecule has 1 aliphatic rings. The molecule has 3 heterocycles. The molecule has 8 nitrogen and oxygen atoms in total. The lowest BCUT2D eigenvalue weighted by Crippen LogP contribution is -2.52. The zero-order valence-electron chi connectivity index (χ0n) is 14.5. The summed E-state index contributed by atoms with van der Waals surface area (Å²) in [7, 11) is 0. The van der Waals surface area contributed by atoms with Gasteiger partial charge in [0.15, 0.2) is 0 Å². The average molecular weight is 352 g/mol. The van der Waals surface area contributed by atoms with Crippen molar-refractivity contribution >= 4 is 11.6 Å². The van der Waals surface area contributed by atoms with Crippen molar-refractivity contribution in [3.05, 3.63) is 48.6 Å². The molecule has 1 fully saturated rings. The van der Waals surface area contributed by atoms with Crippen molar-refractivity contribution in [2.45, 2.75) is 25.3 Å². The van der Waals surface area contributed by atoms with Crippen LogP contribution in [0.4, 0.5) is 5.69 Å². The number of amides is 1. The van der Waals surface area contributed by atoms with E-state index in [1.54, 1.807) is 17.8 Å². The van der Waals surface area contributed by atoms with E-state index in [0.29, 0.717) is 30.2 Å². The molecular weight excluding hydrogens is 332 g/mol. The normalized spacial score (nSPS) is 16.3. The molecule has 0 atom stereocenters. The van der Waals surface area contributed by atoms with Crippen LogP contribution >= 0.6 is 0 Å². The molecule has 1 aliphatic heterocycles. The highest BCUT2D eigenvalue weighted by molar-refractivity contribution is 5.97. The third kappa shape index (κ3) is 2.99. The third-order valence-corrected chi connectivity index (χ3v) is 4.70. The van der Waals surface area contributed by atoms with Crippen LogP contribution in [-0.2, 0) is 10.3 Å². The lowest BCUT2D eigenvalue weighted by molar-refractivity contribution is -0.126. The summed E-state index contributed by atoms with van der Waals surface area (Å²) in [5.74, 6) is 0.938. The second-order valence-electron chi connectivity index (χ2n) is 6.40. The molecule has 0 unspecified atom stereocenters. The molecule has 0 aliphatic carbocycles. The number of hydrogen-bond donors (Lipinski definition) is 2. The minimum Gasteiger partial charge on any atom is -0.339 e. The number of aromatic nitrogens is 4. The Labute approximate surface area is 150 Å². The highest BCUT2D eigenvalue weighted by atomic mass is 16.5. The number of piperidine rings is 1. The van der Waals surface area contributed by atoms with Gasteiger partial charge in [0.2, 0.25) is 11.7 Å². The van der Waals surface area contributed by atoms with Crippen molar-refractivity contribution in [1.29, 1.82) is 0 Å². The number of anilines is 1. The molecule has 1 amide bonds. The molecule has 8 heteroatoms. The van der Waals surface area contributed by atoms with Gasteiger partial charge in [-0.05, 0) is 44.1 Å². The van der Waals surface area contributed by atoms with E-state index in [1.807, 2.05) is 36.5 Å². The molecule has 2 aromatic heterocycles. The minimum absolute atomic E-state index is 0.0656. The van der Waals surface area contributed by atoms with Gasteiger partial charge in [-0.3, -0.25) is 9.48 Å². The predicted molar refractivity (Wildman–Crippen MR) is 95.4 cm³/mol. The van der Waals surface area contributed by atoms with E-state index in [1.165, 1.54) is 0 Å². The summed E-state index contributed by atoms with van der Waals surface area (Å²) in [6, 6.07) is 9.29. The first-order valence-corrected chi connectivity index (χ1v) is 8.60. The average Bonchev–Trinajstić information content (AvgIpc) is 3.34. The summed E-state index contributed by atoms with van der Waals surface area (Å²) in [4.78, 5) is 17.4. The van der Waals surface area contributed by atoms with Crippen molar-refractivity contribution in [3.63, 3.8) is 0 Å². The topological polar surface area (TPSA) is 97.9 Å². The van der Waals surface area contributed by atoms with Crippen molar-refractivity contribution in [1.82, 2.24) is 25.2 Å². The van der Waals surface area contributed by atoms with Gasteiger partial charge in [-0.25, -0.2) is 0 Å². The van der Waals surface area contributed by atoms with Gasteiger partial charge in [-0.2, -0.15) is 10.1 Å². The van der Waals surface area contributed by atoms with Crippen molar-refractivity contribution < 1.29 is 9.32 Å². The number of benzene rings is 1. The SMILES string of the molecule is Cc1nc(-c2cccc(NC(=O)C3(n4cccn4)CCNCC3)c2)no1. The summed E-state index contributed by atoms with van der Waals surface area (Å²) < 4.78 is 6.81. The van der Waals surface area contributed by atoms with E-state index in [2.05, 4.69) is 25.9 Å². The summed E-state index contributed by atoms with van der Waals surface area (Å²) in [5, 5.41) is 14.6. The molecule has 0 radical (unpaired) electrons. The first kappa shape index (κ1) is 16.5. The van der Waals surface area contributed by atoms with Crippen LogP contribution in [-0.4, -0.2) is 38.9 Å². The summed E-state index contributed by atoms with van der Waals surface area (Å²) in [5.41, 5.74) is 0.797. The van der Waals surface area contributed by atoms with Gasteiger partial charge in [0.1, 0.15) is 5.54 Å². The lowest BCUT2D eigenvalue weighted by Gasteiger charge is -2.36. The highest BCUT2D eigenvalue weighted by Crippen LogP contribution is 2.29. The maximum atomic E-state index is 13.2. The summed E-state index contributed by atoms with van der Waals surface area (Å²) in [6.45, 7) is 3.29. The van der Waals surface area contributed by atoms with Gasteiger partial charge >= 0.3 is 0 Å². The summed E-state index contributed by atoms with van der Waals surface area (Å²) >= 11 is 0. The number of carbonyl (C=O) groups excluding carboxylic acids is 1. The first-order chi connectivity index (χ1) is 12.7. The Morgan fingerprint density at radius 1 is 1.31 bits per heavy atom. The Balaban J connectivity index is 1.61. The Bertz CT molecular complexity index is 896. The van der Waals surface area contributed by atoms with Crippen molar-refractivity contribution in [2.24, 2.45) is 0 Å². The van der Waals surface area contributed by atoms with E-state index in [4.69, 9.17) is 4.52 Å². The number of nitrogens with one attached hydrogen (secondary N) is 2. The smallest absolute Gasteiger partial charge is 0.252 e. The van der Waals surface area contributed by atoms with Gasteiger partial charge in [-0.1, -0.05) is 17.3 Å². The van der Waals surface area contributed by atoms with Crippen LogP contribution < -0.4 is 10.6 Å². The van der Waals surface area contributed by atoms with Crippen LogP contribution in [0.3, 0.4) is 0 Å². The van der Waals surface area contributed by atoms with Crippen LogP contribution in [0.5, 0.6) is 0 Å². The van der Waals surface area contributed by atoms with E-state index in [-0.39, 0.29) is 5.91 Å². The summed E-state index contributed by atoms with van der Waals surface area (Å²) in [6.07, 6.45) is 4.92. The minimum atomic E-state index is -0.687. The van der Waals surface area contributed by atoms with Crippen LogP contribution in [0.2, 0.25) is 0 Å². The van der Waals surface area contributed by atoms with Crippen LogP contribution in [0.15, 0.2) is 47.2 Å². The monoisotopic (exact) mass is 352 g/mol. The van der Waals surface area contributed by atoms with E-state index in [9.17, 15) is 4.79 Å². The Morgan fingerprint density at radius 2 is 2.15 bits per heavy atom. The quantitative estimate of drug-likeness (QED) is 0.745. The molecule has 134 valence electrons. The number of aryl methyl sites for hydroxylation is 1. The largest absolute Gasteiger partial charge is 0.339 e. The zero-order chi connectivity index (χ0) is 18.0. The van der Waals surface area contributed by atoms with Gasteiger partial charge < -0.3 is 15.2 Å². The van der Waals surface area contributed by atoms with Crippen LogP contribution in [0.1, 0.15) is 18.7 Å². The van der Waals surface area contributed by atoms with Gasteiger partial charge in [0.25, 0.3) is 5.91 Å². The lowest BCUT2D eigenvalue weighted by atomic mass is 9.87. The molecule has 26 heavy (non-hydrogen) atoms. The fourth-order valence-electron chi connectivity index (χ4n) is 3.32. The Morgan fingerprint density at radius 3 is 2.85 bits per heavy atom. The standard InChI is InChI=1S/C18H20N6O2/c1-13-21-16(23-26-13)14-4-2-5-15(12-14)22-17(25)18(6-9-19-10-7-18)24-11-3-8-20-24/h2-5,8,11-12,19H,6-7,9-10H2,1H3,(H,22,25). The molecule has 0 bridgehead atoms. The third-order valence-electron chi connectivity index (χ3n) is 4.70. The number of hydrogen-bond acceptors (Lipinski definition) is 6. The van der Waals surface area contributed by atoms with Crippen LogP contribution in [0, 0.1) is 6.92 Å². The molecule has 4 rings (SSSR count). The first-order valence-electron chi connectivity index (χ1n) is 8.60. The van der Waals surface area contributed by atoms with Crippen molar-refractivity contribution in [2.75, 3.05) is 18.4 Å². The maximum Gasteiger partial charge on any atom is 0.252 e. The Kier molecular flexibility index (Phi) is 4.26. The second kappa shape index (κ2) is 6.72. The molecule has 0 spiro atoms. The Hall–Kier alpha value is -3.00. The van der Waals surface area contributed by atoms with E-state index < -0.39 is 5.54 Å². The van der Waals surface area contributed by atoms with Gasteiger partial charge in [0, 0.05) is 30.6 Å². The van der Waals surface area contributed by atoms with E-state index >= 15 is 0 Å². The number of nitrogens with zero attached hydrogens (tertiary/aromatic N) is 4. The molecule has 2 N–H and O–H groups in total. The highest BCUT2D eigenvalue weighted by Gasteiger charge is 2.42. The fraction of sp³-hybridized carbons (Fsp3) is 0.333. The maximum absolute atomic E-state index is 13.2. The van der Waals surface area contributed by atoms with Gasteiger partial charge in [0.05, 0.1) is 0 Å².